The van der Waals surface area contributed by atoms with Gasteiger partial charge in [0.1, 0.15) is 5.52 Å². The van der Waals surface area contributed by atoms with Gasteiger partial charge in [0, 0.05) is 11.2 Å². The van der Waals surface area contributed by atoms with Crippen molar-refractivity contribution in [2.45, 2.75) is 6.54 Å². The van der Waals surface area contributed by atoms with Gasteiger partial charge in [-0.1, -0.05) is 29.8 Å². The van der Waals surface area contributed by atoms with Gasteiger partial charge in [0.25, 0.3) is 0 Å². The molecular weight excluding hydrogens is 234 g/mol. The lowest BCUT2D eigenvalue weighted by Gasteiger charge is -2.05. The van der Waals surface area contributed by atoms with E-state index in [1.807, 2.05) is 41.0 Å². The Morgan fingerprint density at radius 1 is 1.06 bits per heavy atom. The van der Waals surface area contributed by atoms with Gasteiger partial charge in [-0.05, 0) is 23.8 Å². The molecule has 0 fully saturated rings. The van der Waals surface area contributed by atoms with E-state index >= 15 is 0 Å². The molecule has 1 aromatic carbocycles. The second-order valence-corrected chi connectivity index (χ2v) is 4.22. The maximum atomic E-state index is 6.14. The smallest absolute Gasteiger partial charge is 0.160 e. The van der Waals surface area contributed by atoms with E-state index < -0.39 is 0 Å². The summed E-state index contributed by atoms with van der Waals surface area (Å²) in [5, 5.41) is 0.769. The number of halogens is 1. The van der Waals surface area contributed by atoms with Gasteiger partial charge in [0.15, 0.2) is 5.65 Å². The SMILES string of the molecule is Clc1ccccc1Cn1cnc2cccnc21. The molecule has 0 atom stereocenters. The number of nitrogens with zero attached hydrogens (tertiary/aromatic N) is 3. The highest BCUT2D eigenvalue weighted by molar-refractivity contribution is 6.31. The first-order valence-electron chi connectivity index (χ1n) is 5.34. The van der Waals surface area contributed by atoms with E-state index in [-0.39, 0.29) is 0 Å². The van der Waals surface area contributed by atoms with Crippen LogP contribution in [0.5, 0.6) is 0 Å². The summed E-state index contributed by atoms with van der Waals surface area (Å²) in [4.78, 5) is 8.63. The fourth-order valence-electron chi connectivity index (χ4n) is 1.82. The maximum absolute atomic E-state index is 6.14. The van der Waals surface area contributed by atoms with Crippen LogP contribution in [-0.2, 0) is 6.54 Å². The standard InChI is InChI=1S/C13H10ClN3/c14-11-5-2-1-4-10(11)8-17-9-16-12-6-3-7-15-13(12)17/h1-7,9H,8H2. The number of benzene rings is 1. The fourth-order valence-corrected chi connectivity index (χ4v) is 2.02. The number of aromatic nitrogens is 3. The van der Waals surface area contributed by atoms with E-state index in [0.29, 0.717) is 6.54 Å². The molecule has 0 radical (unpaired) electrons. The number of hydrogen-bond donors (Lipinski definition) is 0. The zero-order valence-electron chi connectivity index (χ0n) is 9.05. The molecular formula is C13H10ClN3. The molecule has 0 aliphatic carbocycles. The summed E-state index contributed by atoms with van der Waals surface area (Å²) in [7, 11) is 0. The van der Waals surface area contributed by atoms with E-state index in [2.05, 4.69) is 9.97 Å². The van der Waals surface area contributed by atoms with E-state index in [0.717, 1.165) is 21.7 Å². The molecule has 3 nitrogen and oxygen atoms in total. The van der Waals surface area contributed by atoms with Crippen molar-refractivity contribution in [3.8, 4) is 0 Å². The predicted molar refractivity (Wildman–Crippen MR) is 68.1 cm³/mol. The summed E-state index contributed by atoms with van der Waals surface area (Å²) in [6.07, 6.45) is 3.56. The van der Waals surface area contributed by atoms with Crippen LogP contribution in [0.1, 0.15) is 5.56 Å². The number of pyridine rings is 1. The number of hydrogen-bond acceptors (Lipinski definition) is 2. The molecule has 3 rings (SSSR count). The Balaban J connectivity index is 2.03. The molecule has 4 heteroatoms. The van der Waals surface area contributed by atoms with Crippen molar-refractivity contribution in [3.63, 3.8) is 0 Å². The fraction of sp³-hybridized carbons (Fsp3) is 0.0769. The molecule has 0 saturated heterocycles. The lowest BCUT2D eigenvalue weighted by atomic mass is 10.2. The Hall–Kier alpha value is -1.87. The maximum Gasteiger partial charge on any atom is 0.160 e. The highest BCUT2D eigenvalue weighted by Gasteiger charge is 2.05. The summed E-state index contributed by atoms with van der Waals surface area (Å²) in [6, 6.07) is 11.6. The molecule has 2 heterocycles. The first kappa shape index (κ1) is 10.3. The van der Waals surface area contributed by atoms with Crippen molar-refractivity contribution in [1.82, 2.24) is 14.5 Å². The monoisotopic (exact) mass is 243 g/mol. The summed E-state index contributed by atoms with van der Waals surface area (Å²) in [6.45, 7) is 0.688. The van der Waals surface area contributed by atoms with Gasteiger partial charge in [0.2, 0.25) is 0 Å². The molecule has 17 heavy (non-hydrogen) atoms. The van der Waals surface area contributed by atoms with Crippen molar-refractivity contribution < 1.29 is 0 Å². The van der Waals surface area contributed by atoms with Crippen molar-refractivity contribution >= 4 is 22.8 Å². The highest BCUT2D eigenvalue weighted by Crippen LogP contribution is 2.18. The summed E-state index contributed by atoms with van der Waals surface area (Å²) in [5.41, 5.74) is 2.85. The first-order chi connectivity index (χ1) is 8.34. The Morgan fingerprint density at radius 2 is 1.94 bits per heavy atom. The van der Waals surface area contributed by atoms with E-state index in [4.69, 9.17) is 11.6 Å². The molecule has 0 unspecified atom stereocenters. The van der Waals surface area contributed by atoms with Gasteiger partial charge in [-0.25, -0.2) is 9.97 Å². The minimum atomic E-state index is 0.688. The Bertz CT molecular complexity index is 660. The molecule has 0 saturated carbocycles. The molecule has 0 spiro atoms. The zero-order chi connectivity index (χ0) is 11.7. The van der Waals surface area contributed by atoms with Gasteiger partial charge >= 0.3 is 0 Å². The molecule has 0 aliphatic rings. The van der Waals surface area contributed by atoms with Crippen LogP contribution in [0.3, 0.4) is 0 Å². The number of imidazole rings is 1. The van der Waals surface area contributed by atoms with Crippen LogP contribution in [0.4, 0.5) is 0 Å². The third-order valence-electron chi connectivity index (χ3n) is 2.67. The summed E-state index contributed by atoms with van der Waals surface area (Å²) >= 11 is 6.14. The van der Waals surface area contributed by atoms with E-state index in [1.54, 1.807) is 12.5 Å². The van der Waals surface area contributed by atoms with Crippen LogP contribution in [-0.4, -0.2) is 14.5 Å². The first-order valence-corrected chi connectivity index (χ1v) is 5.71. The third-order valence-corrected chi connectivity index (χ3v) is 3.04. The highest BCUT2D eigenvalue weighted by atomic mass is 35.5. The van der Waals surface area contributed by atoms with Gasteiger partial charge in [-0.3, -0.25) is 0 Å². The van der Waals surface area contributed by atoms with Gasteiger partial charge in [-0.15, -0.1) is 0 Å². The normalized spacial score (nSPS) is 10.9. The molecule has 0 bridgehead atoms. The van der Waals surface area contributed by atoms with Crippen molar-refractivity contribution in [3.05, 3.63) is 59.5 Å². The Morgan fingerprint density at radius 3 is 2.82 bits per heavy atom. The van der Waals surface area contributed by atoms with Gasteiger partial charge < -0.3 is 4.57 Å². The number of fused-ring (bicyclic) bond motifs is 1. The Labute approximate surface area is 104 Å². The minimum absolute atomic E-state index is 0.688. The average molecular weight is 244 g/mol. The minimum Gasteiger partial charge on any atom is -0.311 e. The van der Waals surface area contributed by atoms with Crippen LogP contribution in [0.25, 0.3) is 11.2 Å². The lowest BCUT2D eigenvalue weighted by molar-refractivity contribution is 0.814. The van der Waals surface area contributed by atoms with Crippen molar-refractivity contribution in [1.29, 1.82) is 0 Å². The van der Waals surface area contributed by atoms with Crippen LogP contribution < -0.4 is 0 Å². The molecule has 84 valence electrons. The molecule has 0 amide bonds. The second-order valence-electron chi connectivity index (χ2n) is 3.81. The van der Waals surface area contributed by atoms with Crippen molar-refractivity contribution in [2.24, 2.45) is 0 Å². The van der Waals surface area contributed by atoms with Crippen LogP contribution in [0, 0.1) is 0 Å². The van der Waals surface area contributed by atoms with Crippen LogP contribution >= 0.6 is 11.6 Å². The van der Waals surface area contributed by atoms with E-state index in [9.17, 15) is 0 Å². The largest absolute Gasteiger partial charge is 0.311 e. The van der Waals surface area contributed by atoms with Gasteiger partial charge in [-0.2, -0.15) is 0 Å². The second kappa shape index (κ2) is 4.18. The molecule has 0 aliphatic heterocycles. The quantitative estimate of drug-likeness (QED) is 0.692. The zero-order valence-corrected chi connectivity index (χ0v) is 9.80. The topological polar surface area (TPSA) is 30.7 Å². The predicted octanol–water partition coefficient (Wildman–Crippen LogP) is 3.13. The van der Waals surface area contributed by atoms with Crippen molar-refractivity contribution in [2.75, 3.05) is 0 Å². The van der Waals surface area contributed by atoms with Crippen LogP contribution in [0.15, 0.2) is 48.9 Å². The third kappa shape index (κ3) is 1.89. The summed E-state index contributed by atoms with van der Waals surface area (Å²) in [5.74, 6) is 0. The lowest BCUT2D eigenvalue weighted by Crippen LogP contribution is -1.99. The van der Waals surface area contributed by atoms with Gasteiger partial charge in [0.05, 0.1) is 12.9 Å². The Kier molecular flexibility index (Phi) is 2.53. The van der Waals surface area contributed by atoms with Crippen LogP contribution in [0.2, 0.25) is 5.02 Å². The summed E-state index contributed by atoms with van der Waals surface area (Å²) < 4.78 is 2.00. The number of rotatable bonds is 2. The average Bonchev–Trinajstić information content (AvgIpc) is 2.76. The molecule has 2 aromatic heterocycles. The van der Waals surface area contributed by atoms with E-state index in [1.165, 1.54) is 0 Å². The molecule has 0 N–H and O–H groups in total. The molecule has 3 aromatic rings.